The van der Waals surface area contributed by atoms with Gasteiger partial charge >= 0.3 is 0 Å². The van der Waals surface area contributed by atoms with Gasteiger partial charge in [-0.05, 0) is 59.5 Å². The van der Waals surface area contributed by atoms with E-state index in [1.807, 2.05) is 37.3 Å². The molecule has 0 radical (unpaired) electrons. The highest BCUT2D eigenvalue weighted by Gasteiger charge is 2.33. The fourth-order valence-corrected chi connectivity index (χ4v) is 4.73. The lowest BCUT2D eigenvalue weighted by molar-refractivity contribution is -0.255. The van der Waals surface area contributed by atoms with Crippen molar-refractivity contribution in [3.05, 3.63) is 93.9 Å². The highest BCUT2D eigenvalue weighted by molar-refractivity contribution is 8.27. The van der Waals surface area contributed by atoms with E-state index in [-0.39, 0.29) is 11.5 Å². The number of carbonyl (C=O) groups excluding carboxylic acids is 2. The number of thioether (sulfide) groups is 1. The predicted octanol–water partition coefficient (Wildman–Crippen LogP) is 4.35. The predicted molar refractivity (Wildman–Crippen MR) is 135 cm³/mol. The lowest BCUT2D eigenvalue weighted by Gasteiger charge is -2.16. The van der Waals surface area contributed by atoms with Crippen molar-refractivity contribution in [3.8, 4) is 11.5 Å². The second kappa shape index (κ2) is 10.1. The summed E-state index contributed by atoms with van der Waals surface area (Å²) in [5.74, 6) is -0.516. The first-order valence-corrected chi connectivity index (χ1v) is 11.5. The minimum Gasteiger partial charge on any atom is -0.545 e. The second-order valence-electron chi connectivity index (χ2n) is 7.48. The maximum atomic E-state index is 13.0. The maximum absolute atomic E-state index is 13.0. The van der Waals surface area contributed by atoms with Crippen LogP contribution >= 0.6 is 24.0 Å². The van der Waals surface area contributed by atoms with Gasteiger partial charge in [-0.15, -0.1) is 0 Å². The van der Waals surface area contributed by atoms with E-state index in [9.17, 15) is 14.7 Å². The summed E-state index contributed by atoms with van der Waals surface area (Å²) >= 11 is 6.53. The smallest absolute Gasteiger partial charge is 0.270 e. The van der Waals surface area contributed by atoms with Crippen molar-refractivity contribution >= 4 is 51.9 Å². The summed E-state index contributed by atoms with van der Waals surface area (Å²) in [6, 6.07) is 19.4. The molecule has 3 aromatic carbocycles. The van der Waals surface area contributed by atoms with Crippen LogP contribution in [0.15, 0.2) is 71.6 Å². The number of carboxylic acid groups (broad SMARTS) is 1. The molecule has 0 saturated carbocycles. The lowest BCUT2D eigenvalue weighted by Crippen LogP contribution is -2.28. The third-order valence-corrected chi connectivity index (χ3v) is 6.57. The minimum atomic E-state index is -1.32. The summed E-state index contributed by atoms with van der Waals surface area (Å²) in [6.07, 6.45) is 1.72. The van der Waals surface area contributed by atoms with Crippen molar-refractivity contribution in [1.29, 1.82) is 0 Å². The van der Waals surface area contributed by atoms with Gasteiger partial charge in [-0.1, -0.05) is 66.4 Å². The van der Waals surface area contributed by atoms with Crippen LogP contribution in [0.25, 0.3) is 6.08 Å². The molecule has 1 aliphatic rings. The van der Waals surface area contributed by atoms with Crippen LogP contribution in [-0.2, 0) is 11.4 Å². The van der Waals surface area contributed by atoms with Crippen molar-refractivity contribution in [2.75, 3.05) is 12.0 Å². The molecule has 4 rings (SSSR count). The number of aryl methyl sites for hydroxylation is 1. The third-order valence-electron chi connectivity index (χ3n) is 5.26. The van der Waals surface area contributed by atoms with Crippen molar-refractivity contribution in [2.45, 2.75) is 13.5 Å². The highest BCUT2D eigenvalue weighted by Crippen LogP contribution is 2.37. The van der Waals surface area contributed by atoms with Crippen LogP contribution in [0.1, 0.15) is 27.0 Å². The van der Waals surface area contributed by atoms with E-state index in [2.05, 4.69) is 0 Å². The number of anilines is 1. The van der Waals surface area contributed by atoms with Crippen LogP contribution in [0.3, 0.4) is 0 Å². The van der Waals surface area contributed by atoms with E-state index < -0.39 is 5.97 Å². The average Bonchev–Trinajstić information content (AvgIpc) is 3.11. The van der Waals surface area contributed by atoms with Gasteiger partial charge in [0.15, 0.2) is 15.8 Å². The molecule has 0 atom stereocenters. The fourth-order valence-electron chi connectivity index (χ4n) is 3.43. The largest absolute Gasteiger partial charge is 0.545 e. The van der Waals surface area contributed by atoms with Crippen molar-refractivity contribution in [3.63, 3.8) is 0 Å². The van der Waals surface area contributed by atoms with Crippen LogP contribution in [0, 0.1) is 6.92 Å². The monoisotopic (exact) mass is 490 g/mol. The molecular formula is C26H20NO5S2-. The first-order chi connectivity index (χ1) is 16.4. The third kappa shape index (κ3) is 4.98. The molecule has 6 nitrogen and oxygen atoms in total. The SMILES string of the molecule is COc1cc(/C=C2\SC(=S)N(c3cccc(C(=O)[O-])c3)C2=O)ccc1OCc1ccccc1C. The molecule has 1 saturated heterocycles. The number of thiocarbonyl (C=S) groups is 1. The van der Waals surface area contributed by atoms with Crippen molar-refractivity contribution < 1.29 is 24.2 Å². The second-order valence-corrected chi connectivity index (χ2v) is 9.16. The summed E-state index contributed by atoms with van der Waals surface area (Å²) in [4.78, 5) is 26.0. The number of amides is 1. The zero-order valence-corrected chi connectivity index (χ0v) is 20.1. The Bertz CT molecular complexity index is 1320. The summed E-state index contributed by atoms with van der Waals surface area (Å²) in [5.41, 5.74) is 3.32. The Morgan fingerprint density at radius 1 is 1.09 bits per heavy atom. The van der Waals surface area contributed by atoms with Crippen molar-refractivity contribution in [2.24, 2.45) is 0 Å². The van der Waals surface area contributed by atoms with E-state index >= 15 is 0 Å². The van der Waals surface area contributed by atoms with E-state index in [1.54, 1.807) is 37.5 Å². The molecule has 0 bridgehead atoms. The van der Waals surface area contributed by atoms with Gasteiger partial charge in [-0.3, -0.25) is 9.69 Å². The molecule has 1 fully saturated rings. The van der Waals surface area contributed by atoms with E-state index in [4.69, 9.17) is 21.7 Å². The van der Waals surface area contributed by atoms with E-state index in [0.717, 1.165) is 28.5 Å². The molecule has 0 aliphatic carbocycles. The number of nitrogens with zero attached hydrogens (tertiary/aromatic N) is 1. The molecule has 1 heterocycles. The first-order valence-electron chi connectivity index (χ1n) is 10.3. The normalized spacial score (nSPS) is 14.5. The quantitative estimate of drug-likeness (QED) is 0.360. The average molecular weight is 491 g/mol. The molecule has 0 aromatic heterocycles. The topological polar surface area (TPSA) is 78.9 Å². The molecule has 0 unspecified atom stereocenters. The van der Waals surface area contributed by atoms with Gasteiger partial charge in [-0.2, -0.15) is 0 Å². The Kier molecular flexibility index (Phi) is 7.00. The van der Waals surface area contributed by atoms with Crippen LogP contribution in [0.2, 0.25) is 0 Å². The number of ether oxygens (including phenoxy) is 2. The minimum absolute atomic E-state index is 0.0263. The van der Waals surface area contributed by atoms with Gasteiger partial charge in [0.25, 0.3) is 5.91 Å². The molecule has 1 aliphatic heterocycles. The van der Waals surface area contributed by atoms with Gasteiger partial charge in [-0.25, -0.2) is 0 Å². The van der Waals surface area contributed by atoms with Gasteiger partial charge in [0.2, 0.25) is 0 Å². The number of rotatable bonds is 7. The Labute approximate surface area is 206 Å². The number of benzene rings is 3. The summed E-state index contributed by atoms with van der Waals surface area (Å²) in [6.45, 7) is 2.44. The van der Waals surface area contributed by atoms with Crippen LogP contribution < -0.4 is 19.5 Å². The molecule has 3 aromatic rings. The Hall–Kier alpha value is -3.62. The number of aromatic carboxylic acids is 1. The zero-order chi connectivity index (χ0) is 24.2. The van der Waals surface area contributed by atoms with Gasteiger partial charge in [0.1, 0.15) is 6.61 Å². The maximum Gasteiger partial charge on any atom is 0.270 e. The van der Waals surface area contributed by atoms with Crippen LogP contribution in [0.5, 0.6) is 11.5 Å². The Morgan fingerprint density at radius 2 is 1.88 bits per heavy atom. The molecule has 172 valence electrons. The molecule has 1 amide bonds. The summed E-state index contributed by atoms with van der Waals surface area (Å²) in [7, 11) is 1.56. The highest BCUT2D eigenvalue weighted by atomic mass is 32.2. The number of carboxylic acids is 1. The molecule has 0 spiro atoms. The van der Waals surface area contributed by atoms with E-state index in [1.165, 1.54) is 17.0 Å². The van der Waals surface area contributed by atoms with Gasteiger partial charge < -0.3 is 19.4 Å². The molecule has 8 heteroatoms. The van der Waals surface area contributed by atoms with Crippen LogP contribution in [-0.4, -0.2) is 23.3 Å². The fraction of sp³-hybridized carbons (Fsp3) is 0.115. The number of methoxy groups -OCH3 is 1. The molecule has 0 N–H and O–H groups in total. The molecular weight excluding hydrogens is 470 g/mol. The molecule has 34 heavy (non-hydrogen) atoms. The zero-order valence-electron chi connectivity index (χ0n) is 18.4. The lowest BCUT2D eigenvalue weighted by atomic mass is 10.1. The first kappa shape index (κ1) is 23.5. The van der Waals surface area contributed by atoms with E-state index in [0.29, 0.717) is 33.0 Å². The standard InChI is InChI=1S/C26H21NO5S2/c1-16-6-3-4-7-19(16)15-32-21-11-10-17(12-22(21)31-2)13-23-24(28)27(26(33)34-23)20-9-5-8-18(14-20)25(29)30/h3-14H,15H2,1-2H3,(H,29,30)/p-1/b23-13-. The summed E-state index contributed by atoms with van der Waals surface area (Å²) < 4.78 is 11.8. The Morgan fingerprint density at radius 3 is 2.62 bits per heavy atom. The van der Waals surface area contributed by atoms with Crippen molar-refractivity contribution in [1.82, 2.24) is 0 Å². The van der Waals surface area contributed by atoms with Gasteiger partial charge in [0, 0.05) is 0 Å². The van der Waals surface area contributed by atoms with Gasteiger partial charge in [0.05, 0.1) is 23.7 Å². The number of carbonyl (C=O) groups is 2. The summed E-state index contributed by atoms with van der Waals surface area (Å²) in [5, 5.41) is 11.2. The van der Waals surface area contributed by atoms with Crippen LogP contribution in [0.4, 0.5) is 5.69 Å². The Balaban J connectivity index is 1.55. The number of hydrogen-bond acceptors (Lipinski definition) is 7. The number of hydrogen-bond donors (Lipinski definition) is 0.